The van der Waals surface area contributed by atoms with Crippen LogP contribution in [0.25, 0.3) is 10.1 Å². The van der Waals surface area contributed by atoms with E-state index in [1.807, 2.05) is 34.5 Å². The second kappa shape index (κ2) is 5.73. The van der Waals surface area contributed by atoms with Gasteiger partial charge in [0.05, 0.1) is 5.56 Å². The van der Waals surface area contributed by atoms with Crippen molar-refractivity contribution in [2.24, 2.45) is 10.9 Å². The normalized spacial score (nSPS) is 15.3. The summed E-state index contributed by atoms with van der Waals surface area (Å²) in [6, 6.07) is 8.22. The minimum atomic E-state index is 0.0423. The lowest BCUT2D eigenvalue weighted by atomic mass is 10.1. The van der Waals surface area contributed by atoms with Crippen LogP contribution in [0.15, 0.2) is 34.8 Å². The number of nitrogens with zero attached hydrogens (tertiary/aromatic N) is 2. The number of amides is 1. The van der Waals surface area contributed by atoms with Crippen LogP contribution in [-0.2, 0) is 0 Å². The van der Waals surface area contributed by atoms with Gasteiger partial charge >= 0.3 is 0 Å². The first kappa shape index (κ1) is 13.9. The summed E-state index contributed by atoms with van der Waals surface area (Å²) in [5.41, 5.74) is 6.27. The Kier molecular flexibility index (Phi) is 3.79. The predicted octanol–water partition coefficient (Wildman–Crippen LogP) is 2.64. The number of rotatable bonds is 5. The molecule has 3 rings (SSSR count). The number of hydrogen-bond acceptors (Lipinski definition) is 4. The molecule has 0 saturated heterocycles. The molecule has 1 saturated carbocycles. The summed E-state index contributed by atoms with van der Waals surface area (Å²) in [5, 5.41) is 14.5. The Morgan fingerprint density at radius 3 is 2.90 bits per heavy atom. The molecule has 110 valence electrons. The van der Waals surface area contributed by atoms with Gasteiger partial charge in [-0.05, 0) is 18.9 Å². The fourth-order valence-corrected chi connectivity index (χ4v) is 3.35. The lowest BCUT2D eigenvalue weighted by Gasteiger charge is -2.22. The van der Waals surface area contributed by atoms with E-state index in [2.05, 4.69) is 5.16 Å². The Labute approximate surface area is 126 Å². The van der Waals surface area contributed by atoms with Crippen molar-refractivity contribution in [2.45, 2.75) is 25.3 Å². The SMILES string of the molecule is NC(CCN(C(=O)c1csc2ccccc12)C1CC1)=NO. The van der Waals surface area contributed by atoms with Crippen LogP contribution in [0, 0.1) is 0 Å². The highest BCUT2D eigenvalue weighted by molar-refractivity contribution is 7.17. The second-order valence-electron chi connectivity index (χ2n) is 5.22. The van der Waals surface area contributed by atoms with E-state index in [1.54, 1.807) is 11.3 Å². The quantitative estimate of drug-likeness (QED) is 0.386. The van der Waals surface area contributed by atoms with Crippen LogP contribution in [0.1, 0.15) is 29.6 Å². The lowest BCUT2D eigenvalue weighted by molar-refractivity contribution is 0.0750. The highest BCUT2D eigenvalue weighted by Crippen LogP contribution is 2.32. The van der Waals surface area contributed by atoms with Crippen LogP contribution in [-0.4, -0.2) is 34.4 Å². The van der Waals surface area contributed by atoms with E-state index in [0.717, 1.165) is 28.5 Å². The molecule has 1 aromatic carbocycles. The molecule has 0 radical (unpaired) electrons. The van der Waals surface area contributed by atoms with E-state index in [1.165, 1.54) is 0 Å². The number of benzene rings is 1. The molecule has 21 heavy (non-hydrogen) atoms. The van der Waals surface area contributed by atoms with Crippen molar-refractivity contribution < 1.29 is 10.0 Å². The Morgan fingerprint density at radius 2 is 2.19 bits per heavy atom. The molecule has 1 fully saturated rings. The first-order chi connectivity index (χ1) is 10.2. The van der Waals surface area contributed by atoms with Crippen LogP contribution in [0.5, 0.6) is 0 Å². The fourth-order valence-electron chi connectivity index (χ4n) is 2.42. The van der Waals surface area contributed by atoms with E-state index in [0.29, 0.717) is 19.0 Å². The van der Waals surface area contributed by atoms with Gasteiger partial charge in [-0.3, -0.25) is 4.79 Å². The molecule has 1 aliphatic rings. The number of amidine groups is 1. The predicted molar refractivity (Wildman–Crippen MR) is 83.9 cm³/mol. The van der Waals surface area contributed by atoms with Crippen LogP contribution < -0.4 is 5.73 Å². The van der Waals surface area contributed by atoms with E-state index < -0.39 is 0 Å². The number of thiophene rings is 1. The number of carbonyl (C=O) groups excluding carboxylic acids is 1. The summed E-state index contributed by atoms with van der Waals surface area (Å²) in [5.74, 6) is 0.198. The summed E-state index contributed by atoms with van der Waals surface area (Å²) in [4.78, 5) is 14.6. The van der Waals surface area contributed by atoms with Crippen LogP contribution >= 0.6 is 11.3 Å². The van der Waals surface area contributed by atoms with Gasteiger partial charge < -0.3 is 15.8 Å². The molecule has 0 unspecified atom stereocenters. The van der Waals surface area contributed by atoms with Crippen molar-refractivity contribution in [3.8, 4) is 0 Å². The number of carbonyl (C=O) groups is 1. The third-order valence-electron chi connectivity index (χ3n) is 3.70. The lowest BCUT2D eigenvalue weighted by Crippen LogP contribution is -2.35. The van der Waals surface area contributed by atoms with E-state index in [-0.39, 0.29) is 11.7 Å². The van der Waals surface area contributed by atoms with E-state index >= 15 is 0 Å². The Morgan fingerprint density at radius 1 is 1.43 bits per heavy atom. The minimum Gasteiger partial charge on any atom is -0.409 e. The molecule has 1 aliphatic carbocycles. The zero-order valence-electron chi connectivity index (χ0n) is 11.5. The van der Waals surface area contributed by atoms with Gasteiger partial charge in [-0.1, -0.05) is 23.4 Å². The molecule has 0 atom stereocenters. The van der Waals surface area contributed by atoms with E-state index in [4.69, 9.17) is 10.9 Å². The van der Waals surface area contributed by atoms with Crippen molar-refractivity contribution in [3.63, 3.8) is 0 Å². The molecule has 1 heterocycles. The smallest absolute Gasteiger partial charge is 0.255 e. The zero-order chi connectivity index (χ0) is 14.8. The van der Waals surface area contributed by atoms with Crippen LogP contribution in [0.3, 0.4) is 0 Å². The first-order valence-electron chi connectivity index (χ1n) is 6.94. The Hall–Kier alpha value is -2.08. The Balaban J connectivity index is 1.84. The average Bonchev–Trinajstić information content (AvgIpc) is 3.25. The number of fused-ring (bicyclic) bond motifs is 1. The average molecular weight is 303 g/mol. The number of oxime groups is 1. The molecule has 2 aromatic rings. The number of hydrogen-bond donors (Lipinski definition) is 2. The molecule has 0 bridgehead atoms. The maximum atomic E-state index is 12.8. The molecule has 0 aliphatic heterocycles. The van der Waals surface area contributed by atoms with Crippen molar-refractivity contribution in [1.29, 1.82) is 0 Å². The van der Waals surface area contributed by atoms with Gasteiger partial charge in [0.15, 0.2) is 0 Å². The van der Waals surface area contributed by atoms with Gasteiger partial charge in [0, 0.05) is 34.5 Å². The van der Waals surface area contributed by atoms with Crippen LogP contribution in [0.2, 0.25) is 0 Å². The first-order valence-corrected chi connectivity index (χ1v) is 7.82. The number of nitrogens with two attached hydrogens (primary N) is 1. The summed E-state index contributed by atoms with van der Waals surface area (Å²) in [7, 11) is 0. The van der Waals surface area contributed by atoms with Gasteiger partial charge in [0.2, 0.25) is 0 Å². The molecular weight excluding hydrogens is 286 g/mol. The third-order valence-corrected chi connectivity index (χ3v) is 4.66. The maximum absolute atomic E-state index is 12.8. The van der Waals surface area contributed by atoms with Crippen molar-refractivity contribution in [2.75, 3.05) is 6.54 Å². The van der Waals surface area contributed by atoms with Crippen molar-refractivity contribution >= 4 is 33.2 Å². The largest absolute Gasteiger partial charge is 0.409 e. The standard InChI is InChI=1S/C15H17N3O2S/c16-14(17-20)7-8-18(10-5-6-10)15(19)12-9-21-13-4-2-1-3-11(12)13/h1-4,9-10,20H,5-8H2,(H2,16,17). The molecular formula is C15H17N3O2S. The third kappa shape index (κ3) is 2.85. The van der Waals surface area contributed by atoms with Crippen LogP contribution in [0.4, 0.5) is 0 Å². The summed E-state index contributed by atoms with van der Waals surface area (Å²) in [6.45, 7) is 0.490. The van der Waals surface area contributed by atoms with E-state index in [9.17, 15) is 4.79 Å². The molecule has 1 aromatic heterocycles. The van der Waals surface area contributed by atoms with Crippen molar-refractivity contribution in [3.05, 3.63) is 35.2 Å². The molecule has 6 heteroatoms. The molecule has 0 spiro atoms. The summed E-state index contributed by atoms with van der Waals surface area (Å²) in [6.07, 6.45) is 2.45. The molecule has 5 nitrogen and oxygen atoms in total. The minimum absolute atomic E-state index is 0.0423. The fraction of sp³-hybridized carbons (Fsp3) is 0.333. The van der Waals surface area contributed by atoms with Gasteiger partial charge in [-0.2, -0.15) is 0 Å². The maximum Gasteiger partial charge on any atom is 0.255 e. The second-order valence-corrected chi connectivity index (χ2v) is 6.13. The zero-order valence-corrected chi connectivity index (χ0v) is 12.3. The Bertz CT molecular complexity index is 691. The molecule has 3 N–H and O–H groups in total. The monoisotopic (exact) mass is 303 g/mol. The van der Waals surface area contributed by atoms with Gasteiger partial charge in [0.1, 0.15) is 5.84 Å². The summed E-state index contributed by atoms with van der Waals surface area (Å²) >= 11 is 1.58. The summed E-state index contributed by atoms with van der Waals surface area (Å²) < 4.78 is 1.12. The molecule has 1 amide bonds. The topological polar surface area (TPSA) is 78.9 Å². The highest BCUT2D eigenvalue weighted by atomic mass is 32.1. The highest BCUT2D eigenvalue weighted by Gasteiger charge is 2.33. The van der Waals surface area contributed by atoms with Crippen molar-refractivity contribution in [1.82, 2.24) is 4.90 Å². The van der Waals surface area contributed by atoms with Gasteiger partial charge in [-0.25, -0.2) is 0 Å². The van der Waals surface area contributed by atoms with Gasteiger partial charge in [0.25, 0.3) is 5.91 Å². The van der Waals surface area contributed by atoms with Gasteiger partial charge in [-0.15, -0.1) is 11.3 Å².